The van der Waals surface area contributed by atoms with Crippen molar-refractivity contribution in [2.45, 2.75) is 38.1 Å². The maximum absolute atomic E-state index is 5.54. The van der Waals surface area contributed by atoms with E-state index in [0.29, 0.717) is 19.3 Å². The molecule has 1 atom stereocenters. The third kappa shape index (κ3) is 4.07. The minimum Gasteiger partial charge on any atom is -0.379 e. The minimum absolute atomic E-state index is 0.0525. The van der Waals surface area contributed by atoms with Gasteiger partial charge in [0.05, 0.1) is 32.5 Å². The van der Waals surface area contributed by atoms with Crippen LogP contribution in [0, 0.1) is 0 Å². The lowest BCUT2D eigenvalue weighted by atomic mass is 10.2. The highest BCUT2D eigenvalue weighted by atomic mass is 16.7. The van der Waals surface area contributed by atoms with Crippen LogP contribution in [0.2, 0.25) is 0 Å². The molecule has 2 heterocycles. The Morgan fingerprint density at radius 2 is 1.80 bits per heavy atom. The van der Waals surface area contributed by atoms with Gasteiger partial charge in [0.25, 0.3) is 0 Å². The normalized spacial score (nSPS) is 28.4. The first-order chi connectivity index (χ1) is 7.45. The zero-order chi connectivity index (χ0) is 10.3. The molecule has 15 heavy (non-hydrogen) atoms. The van der Waals surface area contributed by atoms with E-state index in [1.807, 2.05) is 0 Å². The molecule has 0 bridgehead atoms. The molecule has 0 aromatic rings. The van der Waals surface area contributed by atoms with Crippen LogP contribution in [0.1, 0.15) is 25.7 Å². The molecule has 0 aliphatic carbocycles. The van der Waals surface area contributed by atoms with Crippen molar-refractivity contribution in [2.75, 3.05) is 33.0 Å². The van der Waals surface area contributed by atoms with E-state index in [-0.39, 0.29) is 6.29 Å². The summed E-state index contributed by atoms with van der Waals surface area (Å²) in [6.07, 6.45) is 4.40. The molecule has 0 aromatic heterocycles. The van der Waals surface area contributed by atoms with Crippen LogP contribution >= 0.6 is 0 Å². The van der Waals surface area contributed by atoms with Gasteiger partial charge in [-0.2, -0.15) is 0 Å². The van der Waals surface area contributed by atoms with Gasteiger partial charge in [0.1, 0.15) is 0 Å². The van der Waals surface area contributed by atoms with E-state index in [1.165, 1.54) is 6.42 Å². The summed E-state index contributed by atoms with van der Waals surface area (Å²) in [6.45, 7) is 3.94. The lowest BCUT2D eigenvalue weighted by Gasteiger charge is -2.23. The molecule has 4 nitrogen and oxygen atoms in total. The van der Waals surface area contributed by atoms with Crippen molar-refractivity contribution in [3.63, 3.8) is 0 Å². The van der Waals surface area contributed by atoms with E-state index in [1.54, 1.807) is 0 Å². The molecular weight excluding hydrogens is 196 g/mol. The lowest BCUT2D eigenvalue weighted by Crippen LogP contribution is -2.26. The summed E-state index contributed by atoms with van der Waals surface area (Å²) in [4.78, 5) is 0. The topological polar surface area (TPSA) is 36.9 Å². The molecule has 2 fully saturated rings. The summed E-state index contributed by atoms with van der Waals surface area (Å²) in [5, 5.41) is 0. The maximum Gasteiger partial charge on any atom is 0.159 e. The van der Waals surface area contributed by atoms with Crippen LogP contribution in [-0.4, -0.2) is 45.4 Å². The fraction of sp³-hybridized carbons (Fsp3) is 1.00. The Balaban J connectivity index is 1.47. The van der Waals surface area contributed by atoms with E-state index >= 15 is 0 Å². The SMILES string of the molecule is C1COC(CCOCC2CCCO2)OC1. The van der Waals surface area contributed by atoms with Gasteiger partial charge in [0.2, 0.25) is 0 Å². The Morgan fingerprint density at radius 3 is 2.53 bits per heavy atom. The molecule has 0 aromatic carbocycles. The first-order valence-electron chi connectivity index (χ1n) is 5.88. The van der Waals surface area contributed by atoms with Crippen molar-refractivity contribution in [1.29, 1.82) is 0 Å². The van der Waals surface area contributed by atoms with Gasteiger partial charge < -0.3 is 18.9 Å². The minimum atomic E-state index is -0.0525. The fourth-order valence-electron chi connectivity index (χ4n) is 1.87. The Morgan fingerprint density at radius 1 is 1.00 bits per heavy atom. The standard InChI is InChI=1S/C11H20O4/c1-3-10(13-5-1)9-12-8-4-11-14-6-2-7-15-11/h10-11H,1-9H2. The van der Waals surface area contributed by atoms with E-state index in [9.17, 15) is 0 Å². The van der Waals surface area contributed by atoms with Crippen LogP contribution in [0.4, 0.5) is 0 Å². The average molecular weight is 216 g/mol. The van der Waals surface area contributed by atoms with Crippen LogP contribution in [0.3, 0.4) is 0 Å². The third-order valence-electron chi connectivity index (χ3n) is 2.72. The maximum atomic E-state index is 5.54. The van der Waals surface area contributed by atoms with E-state index < -0.39 is 0 Å². The van der Waals surface area contributed by atoms with E-state index in [0.717, 1.165) is 39.1 Å². The van der Waals surface area contributed by atoms with Gasteiger partial charge in [-0.05, 0) is 19.3 Å². The fourth-order valence-corrected chi connectivity index (χ4v) is 1.87. The van der Waals surface area contributed by atoms with Crippen molar-refractivity contribution in [2.24, 2.45) is 0 Å². The molecular formula is C11H20O4. The van der Waals surface area contributed by atoms with Gasteiger partial charge in [-0.25, -0.2) is 0 Å². The lowest BCUT2D eigenvalue weighted by molar-refractivity contribution is -0.187. The number of hydrogen-bond donors (Lipinski definition) is 0. The second-order valence-corrected chi connectivity index (χ2v) is 4.02. The monoisotopic (exact) mass is 216 g/mol. The van der Waals surface area contributed by atoms with Gasteiger partial charge in [0.15, 0.2) is 6.29 Å². The van der Waals surface area contributed by atoms with Crippen molar-refractivity contribution >= 4 is 0 Å². The molecule has 0 radical (unpaired) electrons. The number of hydrogen-bond acceptors (Lipinski definition) is 4. The quantitative estimate of drug-likeness (QED) is 0.650. The molecule has 1 unspecified atom stereocenters. The summed E-state index contributed by atoms with van der Waals surface area (Å²) in [5.74, 6) is 0. The Hall–Kier alpha value is -0.160. The van der Waals surface area contributed by atoms with Gasteiger partial charge in [-0.1, -0.05) is 0 Å². The molecule has 0 amide bonds. The zero-order valence-corrected chi connectivity index (χ0v) is 9.15. The first kappa shape index (κ1) is 11.3. The Bertz CT molecular complexity index is 162. The zero-order valence-electron chi connectivity index (χ0n) is 9.15. The molecule has 88 valence electrons. The summed E-state index contributed by atoms with van der Waals surface area (Å²) >= 11 is 0. The van der Waals surface area contributed by atoms with Gasteiger partial charge in [-0.3, -0.25) is 0 Å². The van der Waals surface area contributed by atoms with Crippen molar-refractivity contribution < 1.29 is 18.9 Å². The molecule has 2 rings (SSSR count). The molecule has 2 saturated heterocycles. The molecule has 0 saturated carbocycles. The number of rotatable bonds is 5. The molecule has 2 aliphatic heterocycles. The highest BCUT2D eigenvalue weighted by molar-refractivity contribution is 4.63. The van der Waals surface area contributed by atoms with Gasteiger partial charge >= 0.3 is 0 Å². The smallest absolute Gasteiger partial charge is 0.159 e. The average Bonchev–Trinajstić information content (AvgIpc) is 2.79. The Kier molecular flexibility index (Phi) is 4.86. The first-order valence-corrected chi connectivity index (χ1v) is 5.88. The van der Waals surface area contributed by atoms with Crippen molar-refractivity contribution in [3.05, 3.63) is 0 Å². The Labute approximate surface area is 90.8 Å². The predicted molar refractivity (Wildman–Crippen MR) is 54.7 cm³/mol. The predicted octanol–water partition coefficient (Wildman–Crippen LogP) is 1.34. The summed E-state index contributed by atoms with van der Waals surface area (Å²) in [7, 11) is 0. The highest BCUT2D eigenvalue weighted by Gasteiger charge is 2.17. The summed E-state index contributed by atoms with van der Waals surface area (Å²) in [6, 6.07) is 0. The molecule has 0 N–H and O–H groups in total. The molecule has 0 spiro atoms. The van der Waals surface area contributed by atoms with E-state index in [2.05, 4.69) is 0 Å². The van der Waals surface area contributed by atoms with Crippen LogP contribution in [0.5, 0.6) is 0 Å². The molecule has 2 aliphatic rings. The van der Waals surface area contributed by atoms with Crippen LogP contribution < -0.4 is 0 Å². The van der Waals surface area contributed by atoms with Crippen LogP contribution in [0.25, 0.3) is 0 Å². The van der Waals surface area contributed by atoms with Crippen molar-refractivity contribution in [1.82, 2.24) is 0 Å². The largest absolute Gasteiger partial charge is 0.379 e. The van der Waals surface area contributed by atoms with Gasteiger partial charge in [-0.15, -0.1) is 0 Å². The summed E-state index contributed by atoms with van der Waals surface area (Å²) in [5.41, 5.74) is 0. The molecule has 4 heteroatoms. The highest BCUT2D eigenvalue weighted by Crippen LogP contribution is 2.13. The van der Waals surface area contributed by atoms with Crippen LogP contribution in [0.15, 0.2) is 0 Å². The van der Waals surface area contributed by atoms with Crippen LogP contribution in [-0.2, 0) is 18.9 Å². The van der Waals surface area contributed by atoms with Gasteiger partial charge in [0, 0.05) is 13.0 Å². The third-order valence-corrected chi connectivity index (χ3v) is 2.72. The second kappa shape index (κ2) is 6.43. The van der Waals surface area contributed by atoms with Crippen molar-refractivity contribution in [3.8, 4) is 0 Å². The summed E-state index contributed by atoms with van der Waals surface area (Å²) < 4.78 is 21.8. The second-order valence-electron chi connectivity index (χ2n) is 4.02. The van der Waals surface area contributed by atoms with E-state index in [4.69, 9.17) is 18.9 Å². The number of ether oxygens (including phenoxy) is 4.